The molecule has 0 aromatic rings. The van der Waals surface area contributed by atoms with Crippen LogP contribution >= 0.6 is 35.8 Å². The zero-order valence-electron chi connectivity index (χ0n) is 6.56. The van der Waals surface area contributed by atoms with E-state index in [9.17, 15) is 4.57 Å². The molecule has 0 amide bonds. The lowest BCUT2D eigenvalue weighted by Crippen LogP contribution is -1.86. The van der Waals surface area contributed by atoms with Crippen molar-refractivity contribution in [3.8, 4) is 0 Å². The summed E-state index contributed by atoms with van der Waals surface area (Å²) in [5.41, 5.74) is 0. The number of rotatable bonds is 6. The number of hydrogen-bond acceptors (Lipinski definition) is 2. The largest absolute Gasteiger partial charge is 0.328 e. The molecule has 0 saturated heterocycles. The third-order valence-corrected chi connectivity index (χ3v) is 2.95. The van der Waals surface area contributed by atoms with E-state index >= 15 is 0 Å². The van der Waals surface area contributed by atoms with E-state index in [1.54, 1.807) is 0 Å². The summed E-state index contributed by atoms with van der Waals surface area (Å²) in [6.45, 7) is 2.72. The predicted octanol–water partition coefficient (Wildman–Crippen LogP) is 4.48. The summed E-state index contributed by atoms with van der Waals surface area (Å²) in [5.74, 6) is 0. The first kappa shape index (κ1) is 12.2. The first-order chi connectivity index (χ1) is 5.06. The van der Waals surface area contributed by atoms with Gasteiger partial charge in [-0.2, -0.15) is 0 Å². The maximum Gasteiger partial charge on any atom is 0.328 e. The van der Waals surface area contributed by atoms with E-state index in [0.29, 0.717) is 6.61 Å². The van der Waals surface area contributed by atoms with Gasteiger partial charge in [0.2, 0.25) is 0 Å². The summed E-state index contributed by atoms with van der Waals surface area (Å²) < 4.78 is 13.2. The molecule has 2 nitrogen and oxygen atoms in total. The molecule has 0 heterocycles. The number of halogens is 2. The Morgan fingerprint density at radius 1 is 1.27 bits per heavy atom. The van der Waals surface area contributed by atoms with Crippen LogP contribution in [-0.4, -0.2) is 6.61 Å². The molecule has 5 heteroatoms. The normalized spacial score (nSPS) is 11.9. The molecule has 0 aliphatic heterocycles. The molecular weight excluding hydrogens is 295 g/mol. The van der Waals surface area contributed by atoms with E-state index in [2.05, 4.69) is 37.9 Å². The van der Waals surface area contributed by atoms with E-state index < -0.39 is 4.77 Å². The molecule has 0 rings (SSSR count). The predicted molar refractivity (Wildman–Crippen MR) is 55.6 cm³/mol. The standard InChI is InChI=1S/C6H13Br2O2P/c1-2-3-4-5-6-10-11(7,8)9/h2-6H2,1H3. The van der Waals surface area contributed by atoms with Crippen molar-refractivity contribution in [3.05, 3.63) is 0 Å². The summed E-state index contributed by atoms with van der Waals surface area (Å²) in [4.78, 5) is 0. The van der Waals surface area contributed by atoms with Gasteiger partial charge in [0.1, 0.15) is 0 Å². The first-order valence-electron chi connectivity index (χ1n) is 3.70. The van der Waals surface area contributed by atoms with Crippen LogP contribution in [0.25, 0.3) is 0 Å². The van der Waals surface area contributed by atoms with E-state index in [1.165, 1.54) is 12.8 Å². The van der Waals surface area contributed by atoms with Gasteiger partial charge < -0.3 is 4.52 Å². The van der Waals surface area contributed by atoms with E-state index in [4.69, 9.17) is 4.52 Å². The molecule has 0 aromatic heterocycles. The maximum absolute atomic E-state index is 10.9. The first-order valence-corrected chi connectivity index (χ1v) is 9.36. The Kier molecular flexibility index (Phi) is 7.34. The summed E-state index contributed by atoms with van der Waals surface area (Å²) in [7, 11) is 0. The van der Waals surface area contributed by atoms with Crippen molar-refractivity contribution < 1.29 is 9.09 Å². The fraction of sp³-hybridized carbons (Fsp3) is 1.00. The van der Waals surface area contributed by atoms with Crippen molar-refractivity contribution in [1.82, 2.24) is 0 Å². The third-order valence-electron chi connectivity index (χ3n) is 1.24. The minimum absolute atomic E-state index is 0.563. The second kappa shape index (κ2) is 6.64. The Labute approximate surface area is 84.0 Å². The lowest BCUT2D eigenvalue weighted by Gasteiger charge is -2.03. The van der Waals surface area contributed by atoms with E-state index in [1.807, 2.05) is 0 Å². The van der Waals surface area contributed by atoms with Crippen molar-refractivity contribution in [1.29, 1.82) is 0 Å². The van der Waals surface area contributed by atoms with Gasteiger partial charge in [-0.15, -0.1) is 0 Å². The molecule has 0 bridgehead atoms. The van der Waals surface area contributed by atoms with Gasteiger partial charge in [-0.05, 0) is 6.42 Å². The van der Waals surface area contributed by atoms with Gasteiger partial charge in [-0.3, -0.25) is 4.57 Å². The average Bonchev–Trinajstić information content (AvgIpc) is 1.85. The second-order valence-electron chi connectivity index (χ2n) is 2.31. The van der Waals surface area contributed by atoms with Crippen molar-refractivity contribution in [2.45, 2.75) is 32.6 Å². The van der Waals surface area contributed by atoms with Gasteiger partial charge >= 0.3 is 4.77 Å². The highest BCUT2D eigenvalue weighted by Gasteiger charge is 2.10. The molecule has 11 heavy (non-hydrogen) atoms. The van der Waals surface area contributed by atoms with Crippen LogP contribution in [0.15, 0.2) is 0 Å². The highest BCUT2D eigenvalue weighted by atomic mass is 79.9. The molecule has 0 fully saturated rings. The van der Waals surface area contributed by atoms with E-state index in [-0.39, 0.29) is 0 Å². The summed E-state index contributed by atoms with van der Waals surface area (Å²) >= 11 is 5.80. The fourth-order valence-corrected chi connectivity index (χ4v) is 1.91. The SMILES string of the molecule is CCCCCCOP(=O)(Br)Br. The molecule has 0 spiro atoms. The highest BCUT2D eigenvalue weighted by Crippen LogP contribution is 2.62. The Bertz CT molecular complexity index is 135. The molecule has 0 unspecified atom stereocenters. The summed E-state index contributed by atoms with van der Waals surface area (Å²) in [6.07, 6.45) is 4.56. The van der Waals surface area contributed by atoms with Crippen LogP contribution in [-0.2, 0) is 9.09 Å². The summed E-state index contributed by atoms with van der Waals surface area (Å²) in [5, 5.41) is 0. The molecule has 0 radical (unpaired) electrons. The Morgan fingerprint density at radius 2 is 1.91 bits per heavy atom. The highest BCUT2D eigenvalue weighted by molar-refractivity contribution is 9.70. The van der Waals surface area contributed by atoms with E-state index in [0.717, 1.165) is 12.8 Å². The molecule has 0 aromatic carbocycles. The van der Waals surface area contributed by atoms with Crippen LogP contribution < -0.4 is 0 Å². The van der Waals surface area contributed by atoms with Crippen molar-refractivity contribution in [2.24, 2.45) is 0 Å². The van der Waals surface area contributed by atoms with Crippen LogP contribution in [0.3, 0.4) is 0 Å². The lowest BCUT2D eigenvalue weighted by molar-refractivity contribution is 0.324. The zero-order valence-corrected chi connectivity index (χ0v) is 10.6. The van der Waals surface area contributed by atoms with Crippen LogP contribution in [0.2, 0.25) is 0 Å². The molecule has 0 aliphatic carbocycles. The average molecular weight is 308 g/mol. The Balaban J connectivity index is 3.09. The van der Waals surface area contributed by atoms with Gasteiger partial charge in [0.05, 0.1) is 6.61 Å². The molecule has 68 valence electrons. The molecular formula is C6H13Br2O2P. The van der Waals surface area contributed by atoms with Crippen LogP contribution in [0.1, 0.15) is 32.6 Å². The zero-order chi connectivity index (χ0) is 8.74. The number of unbranched alkanes of at least 4 members (excludes halogenated alkanes) is 3. The van der Waals surface area contributed by atoms with Crippen molar-refractivity contribution >= 4 is 35.8 Å². The minimum atomic E-state index is -2.59. The number of hydrogen-bond donors (Lipinski definition) is 0. The van der Waals surface area contributed by atoms with Gasteiger partial charge in [-0.1, -0.05) is 26.2 Å². The maximum atomic E-state index is 10.9. The van der Waals surface area contributed by atoms with Gasteiger partial charge in [0.15, 0.2) is 0 Å². The smallest absolute Gasteiger partial charge is 0.313 e. The fourth-order valence-electron chi connectivity index (χ4n) is 0.700. The monoisotopic (exact) mass is 306 g/mol. The minimum Gasteiger partial charge on any atom is -0.313 e. The van der Waals surface area contributed by atoms with Crippen molar-refractivity contribution in [2.75, 3.05) is 6.61 Å². The van der Waals surface area contributed by atoms with Crippen LogP contribution in [0.5, 0.6) is 0 Å². The summed E-state index contributed by atoms with van der Waals surface area (Å²) in [6, 6.07) is 0. The second-order valence-corrected chi connectivity index (χ2v) is 11.9. The third kappa shape index (κ3) is 11.1. The van der Waals surface area contributed by atoms with Gasteiger partial charge in [-0.25, -0.2) is 0 Å². The Morgan fingerprint density at radius 3 is 2.36 bits per heavy atom. The van der Waals surface area contributed by atoms with Gasteiger partial charge in [0, 0.05) is 31.0 Å². The molecule has 0 aliphatic rings. The topological polar surface area (TPSA) is 26.3 Å². The molecule has 0 N–H and O–H groups in total. The molecule has 0 atom stereocenters. The van der Waals surface area contributed by atoms with Crippen LogP contribution in [0.4, 0.5) is 0 Å². The van der Waals surface area contributed by atoms with Crippen molar-refractivity contribution in [3.63, 3.8) is 0 Å². The van der Waals surface area contributed by atoms with Crippen LogP contribution in [0, 0.1) is 0 Å². The van der Waals surface area contributed by atoms with Gasteiger partial charge in [0.25, 0.3) is 0 Å². The molecule has 0 saturated carbocycles. The quantitative estimate of drug-likeness (QED) is 0.534. The Hall–Kier alpha value is 1.15. The lowest BCUT2D eigenvalue weighted by atomic mass is 10.2.